The fourth-order valence-corrected chi connectivity index (χ4v) is 3.52. The molecule has 9 nitrogen and oxygen atoms in total. The normalized spacial score (nSPS) is 12.6. The van der Waals surface area contributed by atoms with Crippen molar-refractivity contribution in [3.63, 3.8) is 0 Å². The standard InChI is InChI=1S/C29H43N3O6.C4H10/c1-5-29(20-36-25(33)12-14-28(2,3)4,22-38-27(35)24-10-7-6-8-11-24)21-37-26(34)13-16-30-15-9-18-32-19-17-31-23-32;1-4(2)3/h6-8,10-11,17,19,23,30H,5,9,12-16,18,20-22H2,1-4H3;4H,1-3H3. The van der Waals surface area contributed by atoms with Gasteiger partial charge in [-0.25, -0.2) is 9.78 Å². The predicted molar refractivity (Wildman–Crippen MR) is 165 cm³/mol. The molecule has 0 fully saturated rings. The first-order chi connectivity index (χ1) is 19.9. The third-order valence-corrected chi connectivity index (χ3v) is 6.26. The van der Waals surface area contributed by atoms with Gasteiger partial charge in [0.1, 0.15) is 19.8 Å². The quantitative estimate of drug-likeness (QED) is 0.135. The van der Waals surface area contributed by atoms with Crippen LogP contribution in [0.4, 0.5) is 0 Å². The van der Waals surface area contributed by atoms with Gasteiger partial charge in [0.2, 0.25) is 0 Å². The van der Waals surface area contributed by atoms with Crippen LogP contribution in [0.2, 0.25) is 0 Å². The fraction of sp³-hybridized carbons (Fsp3) is 0.636. The van der Waals surface area contributed by atoms with Crippen molar-refractivity contribution in [1.29, 1.82) is 0 Å². The molecule has 0 bridgehead atoms. The van der Waals surface area contributed by atoms with E-state index in [-0.39, 0.29) is 43.6 Å². The number of hydrogen-bond donors (Lipinski definition) is 1. The molecule has 9 heteroatoms. The van der Waals surface area contributed by atoms with E-state index in [1.54, 1.807) is 36.8 Å². The minimum atomic E-state index is -0.838. The van der Waals surface area contributed by atoms with Crippen molar-refractivity contribution in [2.75, 3.05) is 32.9 Å². The van der Waals surface area contributed by atoms with Gasteiger partial charge in [0.25, 0.3) is 0 Å². The lowest BCUT2D eigenvalue weighted by molar-refractivity contribution is -0.156. The lowest BCUT2D eigenvalue weighted by atomic mass is 9.87. The van der Waals surface area contributed by atoms with E-state index in [1.165, 1.54) is 0 Å². The zero-order chi connectivity index (χ0) is 31.4. The molecule has 0 aliphatic rings. The van der Waals surface area contributed by atoms with Crippen LogP contribution in [0.25, 0.3) is 0 Å². The number of rotatable bonds is 17. The average molecular weight is 588 g/mol. The Balaban J connectivity index is 0.00000206. The SMILES string of the molecule is CC(C)C.CCC(COC(=O)CCNCCCn1ccnc1)(COC(=O)CCC(C)(C)C)COC(=O)c1ccccc1. The minimum absolute atomic E-state index is 0.00563. The molecule has 1 aromatic carbocycles. The molecule has 1 heterocycles. The van der Waals surface area contributed by atoms with E-state index in [9.17, 15) is 14.4 Å². The number of esters is 3. The highest BCUT2D eigenvalue weighted by molar-refractivity contribution is 5.89. The average Bonchev–Trinajstić information content (AvgIpc) is 3.47. The van der Waals surface area contributed by atoms with E-state index in [0.717, 1.165) is 25.4 Å². The van der Waals surface area contributed by atoms with E-state index < -0.39 is 11.4 Å². The van der Waals surface area contributed by atoms with Crippen LogP contribution in [-0.2, 0) is 30.3 Å². The highest BCUT2D eigenvalue weighted by atomic mass is 16.6. The second kappa shape index (κ2) is 19.8. The number of benzene rings is 1. The van der Waals surface area contributed by atoms with Crippen LogP contribution in [0.5, 0.6) is 0 Å². The molecule has 1 atom stereocenters. The molecular formula is C33H53N3O6. The topological polar surface area (TPSA) is 109 Å². The first-order valence-electron chi connectivity index (χ1n) is 15.1. The van der Waals surface area contributed by atoms with Gasteiger partial charge >= 0.3 is 17.9 Å². The van der Waals surface area contributed by atoms with Gasteiger partial charge in [0.05, 0.1) is 23.7 Å². The molecule has 42 heavy (non-hydrogen) atoms. The van der Waals surface area contributed by atoms with Gasteiger partial charge in [-0.15, -0.1) is 0 Å². The van der Waals surface area contributed by atoms with Crippen molar-refractivity contribution in [3.8, 4) is 0 Å². The summed E-state index contributed by atoms with van der Waals surface area (Å²) in [6, 6.07) is 8.68. The van der Waals surface area contributed by atoms with Crippen molar-refractivity contribution < 1.29 is 28.6 Å². The van der Waals surface area contributed by atoms with E-state index in [2.05, 4.69) is 51.8 Å². The second-order valence-electron chi connectivity index (χ2n) is 12.6. The predicted octanol–water partition coefficient (Wildman–Crippen LogP) is 6.08. The molecule has 1 aromatic heterocycles. The van der Waals surface area contributed by atoms with Crippen LogP contribution in [-0.4, -0.2) is 60.4 Å². The van der Waals surface area contributed by atoms with Crippen molar-refractivity contribution in [2.24, 2.45) is 16.7 Å². The summed E-state index contributed by atoms with van der Waals surface area (Å²) < 4.78 is 18.7. The summed E-state index contributed by atoms with van der Waals surface area (Å²) >= 11 is 0. The van der Waals surface area contributed by atoms with Crippen molar-refractivity contribution in [3.05, 3.63) is 54.6 Å². The summed E-state index contributed by atoms with van der Waals surface area (Å²) in [5.74, 6) is -0.328. The van der Waals surface area contributed by atoms with Crippen LogP contribution in [0, 0.1) is 16.7 Å². The number of imidazole rings is 1. The molecule has 0 radical (unpaired) electrons. The van der Waals surface area contributed by atoms with Gasteiger partial charge < -0.3 is 24.1 Å². The minimum Gasteiger partial charge on any atom is -0.465 e. The highest BCUT2D eigenvalue weighted by Gasteiger charge is 2.34. The first-order valence-corrected chi connectivity index (χ1v) is 15.1. The molecule has 0 aliphatic heterocycles. The summed E-state index contributed by atoms with van der Waals surface area (Å²) in [5, 5.41) is 3.24. The first kappa shape index (κ1) is 36.8. The van der Waals surface area contributed by atoms with Gasteiger partial charge in [-0.1, -0.05) is 66.7 Å². The number of carbonyl (C=O) groups excluding carboxylic acids is 3. The Hall–Kier alpha value is -3.20. The van der Waals surface area contributed by atoms with Crippen LogP contribution < -0.4 is 5.32 Å². The van der Waals surface area contributed by atoms with Crippen LogP contribution in [0.1, 0.15) is 90.9 Å². The second-order valence-corrected chi connectivity index (χ2v) is 12.6. The number of hydrogen-bond acceptors (Lipinski definition) is 8. The Labute approximate surface area is 252 Å². The molecule has 0 spiro atoms. The largest absolute Gasteiger partial charge is 0.465 e. The molecule has 1 N–H and O–H groups in total. The van der Waals surface area contributed by atoms with Gasteiger partial charge in [-0.05, 0) is 49.3 Å². The number of carbonyl (C=O) groups is 3. The Bertz CT molecular complexity index is 1020. The molecular weight excluding hydrogens is 534 g/mol. The summed E-state index contributed by atoms with van der Waals surface area (Å²) in [5.41, 5.74) is -0.402. The van der Waals surface area contributed by atoms with Gasteiger partial charge in [0.15, 0.2) is 0 Å². The summed E-state index contributed by atoms with van der Waals surface area (Å²) in [6.45, 7) is 16.6. The smallest absolute Gasteiger partial charge is 0.338 e. The summed E-state index contributed by atoms with van der Waals surface area (Å²) in [6.07, 6.45) is 8.03. The van der Waals surface area contributed by atoms with Crippen LogP contribution in [0.3, 0.4) is 0 Å². The Morgan fingerprint density at radius 3 is 2.05 bits per heavy atom. The molecule has 0 amide bonds. The van der Waals surface area contributed by atoms with Crippen LogP contribution >= 0.6 is 0 Å². The molecule has 0 saturated carbocycles. The molecule has 1 unspecified atom stereocenters. The highest BCUT2D eigenvalue weighted by Crippen LogP contribution is 2.26. The number of aromatic nitrogens is 2. The molecule has 0 saturated heterocycles. The Morgan fingerprint density at radius 2 is 1.50 bits per heavy atom. The van der Waals surface area contributed by atoms with Crippen molar-refractivity contribution in [2.45, 2.75) is 87.1 Å². The number of aryl methyl sites for hydroxylation is 1. The Kier molecular flexibility index (Phi) is 17.4. The third-order valence-electron chi connectivity index (χ3n) is 6.26. The fourth-order valence-electron chi connectivity index (χ4n) is 3.52. The zero-order valence-corrected chi connectivity index (χ0v) is 26.8. The maximum absolute atomic E-state index is 12.5. The van der Waals surface area contributed by atoms with Gasteiger partial charge in [-0.2, -0.15) is 0 Å². The maximum atomic E-state index is 12.5. The molecule has 0 aliphatic carbocycles. The van der Waals surface area contributed by atoms with Crippen molar-refractivity contribution in [1.82, 2.24) is 14.9 Å². The lowest BCUT2D eigenvalue weighted by Crippen LogP contribution is -2.39. The van der Waals surface area contributed by atoms with Gasteiger partial charge in [-0.3, -0.25) is 9.59 Å². The number of nitrogens with one attached hydrogen (secondary N) is 1. The summed E-state index contributed by atoms with van der Waals surface area (Å²) in [7, 11) is 0. The monoisotopic (exact) mass is 587 g/mol. The molecule has 236 valence electrons. The van der Waals surface area contributed by atoms with Crippen LogP contribution in [0.15, 0.2) is 49.1 Å². The van der Waals surface area contributed by atoms with E-state index in [4.69, 9.17) is 14.2 Å². The van der Waals surface area contributed by atoms with E-state index >= 15 is 0 Å². The zero-order valence-electron chi connectivity index (χ0n) is 26.8. The molecule has 2 rings (SSSR count). The van der Waals surface area contributed by atoms with E-state index in [0.29, 0.717) is 31.4 Å². The third kappa shape index (κ3) is 17.6. The Morgan fingerprint density at radius 1 is 0.905 bits per heavy atom. The number of nitrogens with zero attached hydrogens (tertiary/aromatic N) is 2. The number of ether oxygens (including phenoxy) is 3. The van der Waals surface area contributed by atoms with Gasteiger partial charge in [0, 0.05) is 31.9 Å². The van der Waals surface area contributed by atoms with E-state index in [1.807, 2.05) is 23.8 Å². The van der Waals surface area contributed by atoms with Crippen molar-refractivity contribution >= 4 is 17.9 Å². The summed E-state index contributed by atoms with van der Waals surface area (Å²) in [4.78, 5) is 41.4. The maximum Gasteiger partial charge on any atom is 0.338 e. The molecule has 2 aromatic rings. The lowest BCUT2D eigenvalue weighted by Gasteiger charge is -2.31.